The van der Waals surface area contributed by atoms with E-state index in [1.54, 1.807) is 12.1 Å². The average molecular weight is 263 g/mol. The Morgan fingerprint density at radius 3 is 2.95 bits per heavy atom. The van der Waals surface area contributed by atoms with Crippen LogP contribution in [-0.2, 0) is 4.79 Å². The predicted octanol–water partition coefficient (Wildman–Crippen LogP) is 3.16. The summed E-state index contributed by atoms with van der Waals surface area (Å²) in [6.07, 6.45) is 4.64. The molecule has 1 aromatic carbocycles. The Hall–Kier alpha value is -1.84. The number of hydrogen-bond acceptors (Lipinski definition) is 2. The molecule has 1 aromatic rings. The molecule has 0 amide bonds. The highest BCUT2D eigenvalue weighted by Crippen LogP contribution is 2.28. The van der Waals surface area contributed by atoms with Crippen molar-refractivity contribution in [2.45, 2.75) is 19.8 Å². The first-order chi connectivity index (χ1) is 9.10. The third kappa shape index (κ3) is 3.34. The van der Waals surface area contributed by atoms with Gasteiger partial charge in [0.15, 0.2) is 0 Å². The molecule has 0 bridgehead atoms. The zero-order valence-corrected chi connectivity index (χ0v) is 11.0. The number of rotatable bonds is 4. The van der Waals surface area contributed by atoms with Gasteiger partial charge in [-0.2, -0.15) is 0 Å². The summed E-state index contributed by atoms with van der Waals surface area (Å²) in [7, 11) is 0. The lowest BCUT2D eigenvalue weighted by Gasteiger charge is -2.19. The van der Waals surface area contributed by atoms with Crippen LogP contribution in [-0.4, -0.2) is 24.2 Å². The second-order valence-corrected chi connectivity index (χ2v) is 4.89. The minimum Gasteiger partial charge on any atom is -0.478 e. The summed E-state index contributed by atoms with van der Waals surface area (Å²) in [6.45, 7) is 3.95. The molecule has 1 saturated heterocycles. The van der Waals surface area contributed by atoms with Crippen molar-refractivity contribution in [1.82, 2.24) is 0 Å². The number of benzene rings is 1. The minimum absolute atomic E-state index is 0.288. The second kappa shape index (κ2) is 5.87. The number of carboxylic acid groups (broad SMARTS) is 1. The molecule has 0 aliphatic carbocycles. The number of halogens is 1. The number of carbonyl (C=O) groups is 1. The molecule has 1 heterocycles. The second-order valence-electron chi connectivity index (χ2n) is 4.89. The van der Waals surface area contributed by atoms with Crippen molar-refractivity contribution in [2.24, 2.45) is 5.92 Å². The average Bonchev–Trinajstić information content (AvgIpc) is 2.85. The van der Waals surface area contributed by atoms with Crippen LogP contribution in [0, 0.1) is 11.7 Å². The molecule has 1 N–H and O–H groups in total. The van der Waals surface area contributed by atoms with Crippen molar-refractivity contribution in [3.63, 3.8) is 0 Å². The molecule has 0 radical (unpaired) electrons. The summed E-state index contributed by atoms with van der Waals surface area (Å²) >= 11 is 0. The Morgan fingerprint density at radius 2 is 2.37 bits per heavy atom. The topological polar surface area (TPSA) is 40.5 Å². The van der Waals surface area contributed by atoms with Crippen molar-refractivity contribution in [2.75, 3.05) is 18.0 Å². The molecule has 1 atom stereocenters. The molecule has 2 rings (SSSR count). The highest BCUT2D eigenvalue weighted by atomic mass is 19.1. The summed E-state index contributed by atoms with van der Waals surface area (Å²) < 4.78 is 14.0. The highest BCUT2D eigenvalue weighted by Gasteiger charge is 2.22. The van der Waals surface area contributed by atoms with Gasteiger partial charge in [0.25, 0.3) is 0 Å². The minimum atomic E-state index is -1.03. The van der Waals surface area contributed by atoms with E-state index in [1.165, 1.54) is 12.1 Å². The molecule has 0 aromatic heterocycles. The number of carboxylic acids is 1. The van der Waals surface area contributed by atoms with Crippen molar-refractivity contribution in [3.05, 3.63) is 35.7 Å². The quantitative estimate of drug-likeness (QED) is 0.848. The summed E-state index contributed by atoms with van der Waals surface area (Å²) in [4.78, 5) is 12.5. The number of hydrogen-bond donors (Lipinski definition) is 1. The van der Waals surface area contributed by atoms with Gasteiger partial charge in [-0.1, -0.05) is 19.4 Å². The highest BCUT2D eigenvalue weighted by molar-refractivity contribution is 5.85. The zero-order valence-electron chi connectivity index (χ0n) is 11.0. The van der Waals surface area contributed by atoms with Gasteiger partial charge in [-0.15, -0.1) is 0 Å². The van der Waals surface area contributed by atoms with Gasteiger partial charge in [0.1, 0.15) is 5.82 Å². The van der Waals surface area contributed by atoms with Crippen molar-refractivity contribution < 1.29 is 14.3 Å². The van der Waals surface area contributed by atoms with E-state index in [2.05, 4.69) is 11.8 Å². The van der Waals surface area contributed by atoms with Crippen LogP contribution in [0.1, 0.15) is 25.3 Å². The third-order valence-corrected chi connectivity index (χ3v) is 3.59. The largest absolute Gasteiger partial charge is 0.478 e. The van der Waals surface area contributed by atoms with Crippen LogP contribution in [0.25, 0.3) is 6.08 Å². The monoisotopic (exact) mass is 263 g/mol. The zero-order chi connectivity index (χ0) is 13.8. The summed E-state index contributed by atoms with van der Waals surface area (Å²) in [5.74, 6) is -0.676. The summed E-state index contributed by atoms with van der Waals surface area (Å²) in [6, 6.07) is 4.86. The molecule has 1 fully saturated rings. The Balaban J connectivity index is 2.13. The lowest BCUT2D eigenvalue weighted by atomic mass is 10.1. The van der Waals surface area contributed by atoms with Gasteiger partial charge < -0.3 is 10.0 Å². The van der Waals surface area contributed by atoms with Gasteiger partial charge in [0.2, 0.25) is 0 Å². The molecular weight excluding hydrogens is 245 g/mol. The van der Waals surface area contributed by atoms with Crippen molar-refractivity contribution in [1.29, 1.82) is 0 Å². The summed E-state index contributed by atoms with van der Waals surface area (Å²) in [5, 5.41) is 8.54. The van der Waals surface area contributed by atoms with Crippen molar-refractivity contribution in [3.8, 4) is 0 Å². The van der Waals surface area contributed by atoms with E-state index in [-0.39, 0.29) is 5.82 Å². The van der Waals surface area contributed by atoms with Crippen LogP contribution < -0.4 is 4.90 Å². The fourth-order valence-electron chi connectivity index (χ4n) is 2.44. The molecule has 1 unspecified atom stereocenters. The molecule has 19 heavy (non-hydrogen) atoms. The third-order valence-electron chi connectivity index (χ3n) is 3.59. The SMILES string of the molecule is CCC1CCN(c2ccc(/C=C/C(=O)O)cc2F)C1. The molecular formula is C15H18FNO2. The van der Waals surface area contributed by atoms with Gasteiger partial charge in [-0.05, 0) is 36.1 Å². The Kier molecular flexibility index (Phi) is 4.20. The number of nitrogens with zero attached hydrogens (tertiary/aromatic N) is 1. The van der Waals surface area contributed by atoms with Crippen LogP contribution in [0.3, 0.4) is 0 Å². The van der Waals surface area contributed by atoms with Crippen LogP contribution in [0.4, 0.5) is 10.1 Å². The predicted molar refractivity (Wildman–Crippen MR) is 73.7 cm³/mol. The van der Waals surface area contributed by atoms with E-state index in [4.69, 9.17) is 5.11 Å². The van der Waals surface area contributed by atoms with Crippen LogP contribution in [0.15, 0.2) is 24.3 Å². The molecule has 0 saturated carbocycles. The first-order valence-electron chi connectivity index (χ1n) is 6.55. The van der Waals surface area contributed by atoms with Crippen LogP contribution >= 0.6 is 0 Å². The molecule has 1 aliphatic heterocycles. The molecule has 102 valence electrons. The maximum absolute atomic E-state index is 14.0. The number of anilines is 1. The normalized spacial score (nSPS) is 19.3. The van der Waals surface area contributed by atoms with E-state index in [1.807, 2.05) is 0 Å². The summed E-state index contributed by atoms with van der Waals surface area (Å²) in [5.41, 5.74) is 1.18. The maximum Gasteiger partial charge on any atom is 0.328 e. The van der Waals surface area contributed by atoms with Gasteiger partial charge in [-0.25, -0.2) is 9.18 Å². The fraction of sp³-hybridized carbons (Fsp3) is 0.400. The van der Waals surface area contributed by atoms with Gasteiger partial charge >= 0.3 is 5.97 Å². The van der Waals surface area contributed by atoms with Gasteiger partial charge in [0, 0.05) is 19.2 Å². The smallest absolute Gasteiger partial charge is 0.328 e. The Bertz CT molecular complexity index is 499. The van der Waals surface area contributed by atoms with Crippen LogP contribution in [0.2, 0.25) is 0 Å². The first-order valence-corrected chi connectivity index (χ1v) is 6.55. The van der Waals surface area contributed by atoms with E-state index >= 15 is 0 Å². The van der Waals surface area contributed by atoms with E-state index in [9.17, 15) is 9.18 Å². The van der Waals surface area contributed by atoms with E-state index in [0.717, 1.165) is 32.0 Å². The van der Waals surface area contributed by atoms with Crippen LogP contribution in [0.5, 0.6) is 0 Å². The maximum atomic E-state index is 14.0. The molecule has 4 heteroatoms. The first kappa shape index (κ1) is 13.6. The fourth-order valence-corrected chi connectivity index (χ4v) is 2.44. The lowest BCUT2D eigenvalue weighted by Crippen LogP contribution is -2.20. The van der Waals surface area contributed by atoms with E-state index in [0.29, 0.717) is 17.2 Å². The number of aliphatic carboxylic acids is 1. The van der Waals surface area contributed by atoms with E-state index < -0.39 is 5.97 Å². The Morgan fingerprint density at radius 1 is 1.58 bits per heavy atom. The Labute approximate surface area is 112 Å². The molecule has 0 spiro atoms. The molecule has 1 aliphatic rings. The van der Waals surface area contributed by atoms with Crippen molar-refractivity contribution >= 4 is 17.7 Å². The standard InChI is InChI=1S/C15H18FNO2/c1-2-11-7-8-17(10-11)14-5-3-12(9-13(14)16)4-6-15(18)19/h3-6,9,11H,2,7-8,10H2,1H3,(H,18,19)/b6-4+. The van der Waals surface area contributed by atoms with Gasteiger partial charge in [0.05, 0.1) is 5.69 Å². The molecule has 3 nitrogen and oxygen atoms in total. The lowest BCUT2D eigenvalue weighted by molar-refractivity contribution is -0.131. The van der Waals surface area contributed by atoms with Gasteiger partial charge in [-0.3, -0.25) is 0 Å².